The molecule has 8 aromatic carbocycles. The minimum atomic E-state index is -0.240. The van der Waals surface area contributed by atoms with Crippen LogP contribution in [-0.4, -0.2) is 0 Å². The van der Waals surface area contributed by atoms with E-state index in [-0.39, 0.29) is 36.4 Å². The molecule has 1 unspecified atom stereocenters. The summed E-state index contributed by atoms with van der Waals surface area (Å²) in [5, 5.41) is 5.84. The van der Waals surface area contributed by atoms with E-state index in [1.165, 1.54) is 116 Å². The van der Waals surface area contributed by atoms with Crippen molar-refractivity contribution in [3.63, 3.8) is 0 Å². The third-order valence-corrected chi connectivity index (χ3v) is 20.3. The largest absolute Gasteiger partial charge is 0.0758 e. The first-order chi connectivity index (χ1) is 32.7. The average molecular weight is 1010 g/mol. The summed E-state index contributed by atoms with van der Waals surface area (Å²) in [5.74, 6) is 0. The van der Waals surface area contributed by atoms with E-state index < -0.39 is 0 Å². The Bertz CT molecular complexity index is 3780. The predicted molar refractivity (Wildman–Crippen MR) is 302 cm³/mol. The molecular formula is C68H61I. The first-order valence-corrected chi connectivity index (χ1v) is 26.8. The third kappa shape index (κ3) is 4.97. The molecule has 0 nitrogen and oxygen atoms in total. The number of rotatable bonds is 2. The van der Waals surface area contributed by atoms with Crippen LogP contribution >= 0.6 is 22.6 Å². The van der Waals surface area contributed by atoms with Gasteiger partial charge in [-0.2, -0.15) is 0 Å². The smallest absolute Gasteiger partial charge is 0.0589 e. The van der Waals surface area contributed by atoms with Crippen molar-refractivity contribution in [3.8, 4) is 44.5 Å². The molecule has 0 saturated carbocycles. The van der Waals surface area contributed by atoms with Gasteiger partial charge in [-0.1, -0.05) is 215 Å². The lowest BCUT2D eigenvalue weighted by molar-refractivity contribution is 0.507. The first-order valence-electron chi connectivity index (χ1n) is 25.5. The Labute approximate surface area is 423 Å². The minimum absolute atomic E-state index is 0.129. The number of alkyl halides is 1. The summed E-state index contributed by atoms with van der Waals surface area (Å²) in [5.41, 5.74) is 31.1. The molecule has 0 heterocycles. The van der Waals surface area contributed by atoms with Crippen LogP contribution in [0, 0.1) is 0 Å². The van der Waals surface area contributed by atoms with Crippen LogP contribution in [0.1, 0.15) is 160 Å². The van der Waals surface area contributed by atoms with Crippen molar-refractivity contribution in [2.45, 2.75) is 126 Å². The minimum Gasteiger partial charge on any atom is -0.0758 e. The molecule has 0 fully saturated rings. The number of hydrogen-bond acceptors (Lipinski definition) is 0. The zero-order valence-corrected chi connectivity index (χ0v) is 44.5. The standard InChI is InChI=1S/C68H61I/c1-63(2)30-29-38(36-21-15-13-16-22-36)31-50-62(69)57-54-41(26-20-28-45(54)65(50,5)6)51-42-34-47-43(35-46(42)66(7,8)59(51)58(57)63)52-40-25-19-27-44-53(40)56-55-48(64(44,3)4)32-39(37-23-17-14-18-24-37)33-49(55)68(11,12)61(56)60(52)67(47,9)10/h13-29,31-35,62H,30H2,1-12H3/b38-29+,50-31+. The van der Waals surface area contributed by atoms with Gasteiger partial charge in [0.25, 0.3) is 0 Å². The fourth-order valence-corrected chi connectivity index (χ4v) is 17.1. The molecule has 1 atom stereocenters. The Kier molecular flexibility index (Phi) is 8.02. The van der Waals surface area contributed by atoms with Gasteiger partial charge >= 0.3 is 0 Å². The molecule has 0 amide bonds. The third-order valence-electron chi connectivity index (χ3n) is 19.0. The second-order valence-electron chi connectivity index (χ2n) is 25.0. The number of fused-ring (bicyclic) bond motifs is 11. The zero-order chi connectivity index (χ0) is 47.9. The maximum Gasteiger partial charge on any atom is 0.0589 e. The van der Waals surface area contributed by atoms with Crippen molar-refractivity contribution in [3.05, 3.63) is 206 Å². The van der Waals surface area contributed by atoms with E-state index in [9.17, 15) is 0 Å². The summed E-state index contributed by atoms with van der Waals surface area (Å²) in [6.45, 7) is 30.3. The number of hydrogen-bond donors (Lipinski definition) is 0. The summed E-state index contributed by atoms with van der Waals surface area (Å²) in [6.07, 6.45) is 6.11. The van der Waals surface area contributed by atoms with Gasteiger partial charge in [0.15, 0.2) is 0 Å². The molecule has 8 aromatic rings. The van der Waals surface area contributed by atoms with Crippen LogP contribution < -0.4 is 0 Å². The van der Waals surface area contributed by atoms with E-state index in [1.807, 2.05) is 0 Å². The van der Waals surface area contributed by atoms with E-state index in [0.717, 1.165) is 6.42 Å². The lowest BCUT2D eigenvalue weighted by Crippen LogP contribution is -2.32. The normalized spacial score (nSPS) is 22.4. The lowest BCUT2D eigenvalue weighted by Gasteiger charge is -2.43. The van der Waals surface area contributed by atoms with Crippen LogP contribution in [0.5, 0.6) is 0 Å². The fourth-order valence-electron chi connectivity index (χ4n) is 15.5. The van der Waals surface area contributed by atoms with Gasteiger partial charge in [0.1, 0.15) is 0 Å². The maximum atomic E-state index is 2.85. The molecule has 0 radical (unpaired) electrons. The van der Waals surface area contributed by atoms with Crippen molar-refractivity contribution in [1.82, 2.24) is 0 Å². The van der Waals surface area contributed by atoms with Gasteiger partial charge in [0, 0.05) is 27.1 Å². The van der Waals surface area contributed by atoms with Gasteiger partial charge in [-0.25, -0.2) is 0 Å². The zero-order valence-electron chi connectivity index (χ0n) is 42.4. The Morgan fingerprint density at radius 1 is 0.406 bits per heavy atom. The van der Waals surface area contributed by atoms with Gasteiger partial charge in [0.05, 0.1) is 3.92 Å². The summed E-state index contributed by atoms with van der Waals surface area (Å²) in [4.78, 5) is 0. The highest BCUT2D eigenvalue weighted by atomic mass is 127. The van der Waals surface area contributed by atoms with Crippen molar-refractivity contribution in [2.24, 2.45) is 0 Å². The van der Waals surface area contributed by atoms with Crippen molar-refractivity contribution < 1.29 is 0 Å². The SMILES string of the molecule is CC1(C)C/C=C(c2ccccc2)\C=C2/C(I)c3c1c1c(c4cccc(c34)C2(C)C)-c2cc3c(cc2C1(C)C)-c1c(c2c4c5c(cccc15)C(C)(C)c1cc(-c5ccccc5)cc(c1-4)C2(C)C)C3(C)C. The van der Waals surface area contributed by atoms with Crippen LogP contribution in [-0.2, 0) is 32.5 Å². The highest BCUT2D eigenvalue weighted by Crippen LogP contribution is 2.69. The van der Waals surface area contributed by atoms with Gasteiger partial charge < -0.3 is 0 Å². The highest BCUT2D eigenvalue weighted by molar-refractivity contribution is 14.1. The molecule has 6 aliphatic carbocycles. The number of allylic oxidation sites excluding steroid dienone is 4. The molecular weight excluding hydrogens is 944 g/mol. The van der Waals surface area contributed by atoms with E-state index >= 15 is 0 Å². The Balaban J connectivity index is 1.06. The molecule has 340 valence electrons. The van der Waals surface area contributed by atoms with Crippen molar-refractivity contribution in [2.75, 3.05) is 0 Å². The van der Waals surface area contributed by atoms with Gasteiger partial charge in [0.2, 0.25) is 0 Å². The molecule has 14 rings (SSSR count). The molecule has 69 heavy (non-hydrogen) atoms. The molecule has 2 bridgehead atoms. The molecule has 0 spiro atoms. The molecule has 6 aliphatic rings. The van der Waals surface area contributed by atoms with Gasteiger partial charge in [-0.15, -0.1) is 0 Å². The molecule has 0 aromatic heterocycles. The van der Waals surface area contributed by atoms with Crippen molar-refractivity contribution >= 4 is 49.7 Å². The summed E-state index contributed by atoms with van der Waals surface area (Å²) in [6, 6.07) is 47.3. The Morgan fingerprint density at radius 2 is 0.899 bits per heavy atom. The maximum absolute atomic E-state index is 2.85. The second-order valence-corrected chi connectivity index (χ2v) is 26.2. The van der Waals surface area contributed by atoms with E-state index in [0.29, 0.717) is 0 Å². The molecule has 1 heteroatoms. The highest BCUT2D eigenvalue weighted by Gasteiger charge is 2.54. The number of halogens is 1. The first kappa shape index (κ1) is 42.4. The Hall–Kier alpha value is -5.51. The van der Waals surface area contributed by atoms with Gasteiger partial charge in [-0.3, -0.25) is 0 Å². The quantitative estimate of drug-likeness (QED) is 0.120. The average Bonchev–Trinajstić information content (AvgIpc) is 3.81. The van der Waals surface area contributed by atoms with Crippen LogP contribution in [0.15, 0.2) is 139 Å². The summed E-state index contributed by atoms with van der Waals surface area (Å²) < 4.78 is 0.234. The van der Waals surface area contributed by atoms with E-state index in [4.69, 9.17) is 0 Å². The monoisotopic (exact) mass is 1000 g/mol. The van der Waals surface area contributed by atoms with Crippen LogP contribution in [0.2, 0.25) is 0 Å². The lowest BCUT2D eigenvalue weighted by atomic mass is 9.62. The van der Waals surface area contributed by atoms with Crippen LogP contribution in [0.25, 0.3) is 71.6 Å². The fraction of sp³-hybridized carbons (Fsp3) is 0.294. The van der Waals surface area contributed by atoms with Gasteiger partial charge in [-0.05, 0) is 180 Å². The molecule has 0 aliphatic heterocycles. The summed E-state index contributed by atoms with van der Waals surface area (Å²) in [7, 11) is 0. The second kappa shape index (κ2) is 13.1. The molecule has 0 saturated heterocycles. The topological polar surface area (TPSA) is 0 Å². The molecule has 0 N–H and O–H groups in total. The Morgan fingerprint density at radius 3 is 1.49 bits per heavy atom. The van der Waals surface area contributed by atoms with Crippen molar-refractivity contribution in [1.29, 1.82) is 0 Å². The predicted octanol–water partition coefficient (Wildman–Crippen LogP) is 18.7. The van der Waals surface area contributed by atoms with Crippen LogP contribution in [0.4, 0.5) is 0 Å². The van der Waals surface area contributed by atoms with Crippen LogP contribution in [0.3, 0.4) is 0 Å². The van der Waals surface area contributed by atoms with E-state index in [1.54, 1.807) is 27.8 Å². The van der Waals surface area contributed by atoms with E-state index in [2.05, 4.69) is 239 Å². The summed E-state index contributed by atoms with van der Waals surface area (Å²) >= 11 is 2.85. The number of benzene rings is 8.